The molecule has 0 bridgehead atoms. The maximum atomic E-state index is 12.1. The molecule has 1 N–H and O–H groups in total. The molecule has 0 fully saturated rings. The molecule has 1 aromatic rings. The molecule has 2 unspecified atom stereocenters. The lowest BCUT2D eigenvalue weighted by Crippen LogP contribution is -2.31. The van der Waals surface area contributed by atoms with E-state index in [2.05, 4.69) is 4.98 Å². The van der Waals surface area contributed by atoms with E-state index in [1.807, 2.05) is 13.2 Å². The molecule has 1 rings (SSSR count). The normalized spacial score (nSPS) is 14.1. The molecule has 0 aliphatic rings. The molecule has 1 heterocycles. The first-order valence-electron chi connectivity index (χ1n) is 6.62. The van der Waals surface area contributed by atoms with Crippen LogP contribution in [0.1, 0.15) is 49.2 Å². The van der Waals surface area contributed by atoms with Gasteiger partial charge in [0.2, 0.25) is 0 Å². The van der Waals surface area contributed by atoms with E-state index < -0.39 is 11.9 Å². The molecule has 5 nitrogen and oxygen atoms in total. The summed E-state index contributed by atoms with van der Waals surface area (Å²) in [7, 11) is 0. The van der Waals surface area contributed by atoms with Crippen molar-refractivity contribution >= 4 is 17.7 Å². The van der Waals surface area contributed by atoms with Gasteiger partial charge in [0.15, 0.2) is 0 Å². The van der Waals surface area contributed by atoms with Crippen LogP contribution >= 0.6 is 11.8 Å². The van der Waals surface area contributed by atoms with Crippen molar-refractivity contribution in [2.45, 2.75) is 46.1 Å². The second kappa shape index (κ2) is 6.92. The van der Waals surface area contributed by atoms with E-state index in [1.165, 1.54) is 0 Å². The van der Waals surface area contributed by atoms with Gasteiger partial charge in [-0.15, -0.1) is 0 Å². The average Bonchev–Trinajstić information content (AvgIpc) is 2.35. The van der Waals surface area contributed by atoms with Crippen LogP contribution in [0.15, 0.2) is 4.79 Å². The predicted octanol–water partition coefficient (Wildman–Crippen LogP) is 2.36. The van der Waals surface area contributed by atoms with Gasteiger partial charge < -0.3 is 5.11 Å². The Labute approximate surface area is 123 Å². The first-order valence-corrected chi connectivity index (χ1v) is 8.02. The fourth-order valence-electron chi connectivity index (χ4n) is 2.48. The Morgan fingerprint density at radius 2 is 2.00 bits per heavy atom. The van der Waals surface area contributed by atoms with Crippen molar-refractivity contribution in [2.75, 3.05) is 12.0 Å². The second-order valence-electron chi connectivity index (χ2n) is 5.04. The zero-order valence-electron chi connectivity index (χ0n) is 12.6. The van der Waals surface area contributed by atoms with E-state index in [1.54, 1.807) is 37.1 Å². The van der Waals surface area contributed by atoms with Crippen LogP contribution < -0.4 is 5.69 Å². The zero-order valence-corrected chi connectivity index (χ0v) is 13.5. The van der Waals surface area contributed by atoms with Gasteiger partial charge in [0.05, 0.1) is 5.92 Å². The van der Waals surface area contributed by atoms with Crippen LogP contribution in [0.2, 0.25) is 0 Å². The van der Waals surface area contributed by atoms with Crippen molar-refractivity contribution in [1.82, 2.24) is 9.55 Å². The van der Waals surface area contributed by atoms with Crippen molar-refractivity contribution in [3.8, 4) is 0 Å². The molecule has 0 amide bonds. The highest BCUT2D eigenvalue weighted by Gasteiger charge is 2.23. The summed E-state index contributed by atoms with van der Waals surface area (Å²) in [6.07, 6.45) is 2.88. The van der Waals surface area contributed by atoms with E-state index >= 15 is 0 Å². The van der Waals surface area contributed by atoms with E-state index in [0.29, 0.717) is 17.0 Å². The Morgan fingerprint density at radius 1 is 1.40 bits per heavy atom. The summed E-state index contributed by atoms with van der Waals surface area (Å²) < 4.78 is 1.62. The number of rotatable bonds is 6. The minimum absolute atomic E-state index is 0.0165. The van der Waals surface area contributed by atoms with Crippen molar-refractivity contribution < 1.29 is 9.90 Å². The Kier molecular flexibility index (Phi) is 5.80. The van der Waals surface area contributed by atoms with Crippen LogP contribution in [-0.4, -0.2) is 32.6 Å². The Hall–Kier alpha value is -1.30. The quantitative estimate of drug-likeness (QED) is 0.873. The number of carboxylic acids is 1. The highest BCUT2D eigenvalue weighted by atomic mass is 32.2. The average molecular weight is 298 g/mol. The summed E-state index contributed by atoms with van der Waals surface area (Å²) in [6.45, 7) is 7.10. The lowest BCUT2D eigenvalue weighted by atomic mass is 9.97. The van der Waals surface area contributed by atoms with Gasteiger partial charge in [0, 0.05) is 23.0 Å². The lowest BCUT2D eigenvalue weighted by Gasteiger charge is -2.22. The molecule has 2 atom stereocenters. The van der Waals surface area contributed by atoms with Gasteiger partial charge in [-0.1, -0.05) is 0 Å². The fourth-order valence-corrected chi connectivity index (χ4v) is 3.06. The van der Waals surface area contributed by atoms with Crippen LogP contribution in [0.4, 0.5) is 0 Å². The molecule has 0 spiro atoms. The van der Waals surface area contributed by atoms with Gasteiger partial charge >= 0.3 is 11.7 Å². The van der Waals surface area contributed by atoms with Crippen LogP contribution in [0.3, 0.4) is 0 Å². The van der Waals surface area contributed by atoms with Crippen molar-refractivity contribution in [3.05, 3.63) is 27.4 Å². The molecule has 0 saturated heterocycles. The first-order chi connectivity index (χ1) is 9.31. The molecule has 6 heteroatoms. The summed E-state index contributed by atoms with van der Waals surface area (Å²) in [5, 5.41) is 9.21. The molecular weight excluding hydrogens is 276 g/mol. The zero-order chi connectivity index (χ0) is 15.4. The van der Waals surface area contributed by atoms with E-state index in [4.69, 9.17) is 0 Å². The molecule has 112 valence electrons. The van der Waals surface area contributed by atoms with Crippen LogP contribution in [0.5, 0.6) is 0 Å². The van der Waals surface area contributed by atoms with Gasteiger partial charge in [-0.2, -0.15) is 16.7 Å². The van der Waals surface area contributed by atoms with Crippen molar-refractivity contribution in [2.24, 2.45) is 0 Å². The molecular formula is C14H22N2O3S. The highest BCUT2D eigenvalue weighted by molar-refractivity contribution is 7.98. The van der Waals surface area contributed by atoms with E-state index in [-0.39, 0.29) is 11.7 Å². The fraction of sp³-hybridized carbons (Fsp3) is 0.643. The number of carbonyl (C=O) groups is 1. The summed E-state index contributed by atoms with van der Waals surface area (Å²) in [5.41, 5.74) is 1.57. The van der Waals surface area contributed by atoms with Crippen molar-refractivity contribution in [1.29, 1.82) is 0 Å². The smallest absolute Gasteiger partial charge is 0.348 e. The number of hydrogen-bond acceptors (Lipinski definition) is 4. The number of aliphatic carboxylic acids is 1. The third-order valence-corrected chi connectivity index (χ3v) is 4.24. The summed E-state index contributed by atoms with van der Waals surface area (Å²) in [4.78, 5) is 27.3. The highest BCUT2D eigenvalue weighted by Crippen LogP contribution is 2.24. The SMILES string of the molecule is CSCCC(C)n1c(C)c(C(C)C(=O)O)c(C)nc1=O. The number of aryl methyl sites for hydroxylation is 1. The van der Waals surface area contributed by atoms with Gasteiger partial charge in [-0.25, -0.2) is 4.79 Å². The van der Waals surface area contributed by atoms with Crippen LogP contribution in [0.25, 0.3) is 0 Å². The van der Waals surface area contributed by atoms with Crippen LogP contribution in [-0.2, 0) is 4.79 Å². The molecule has 0 aliphatic heterocycles. The van der Waals surface area contributed by atoms with E-state index in [0.717, 1.165) is 12.2 Å². The van der Waals surface area contributed by atoms with Crippen LogP contribution in [0, 0.1) is 13.8 Å². The summed E-state index contributed by atoms with van der Waals surface area (Å²) in [6, 6.07) is 0.0165. The van der Waals surface area contributed by atoms with Gasteiger partial charge in [0.1, 0.15) is 0 Å². The monoisotopic (exact) mass is 298 g/mol. The van der Waals surface area contributed by atoms with Crippen molar-refractivity contribution in [3.63, 3.8) is 0 Å². The molecule has 1 aromatic heterocycles. The minimum Gasteiger partial charge on any atom is -0.481 e. The maximum Gasteiger partial charge on any atom is 0.348 e. The largest absolute Gasteiger partial charge is 0.481 e. The maximum absolute atomic E-state index is 12.1. The number of thioether (sulfide) groups is 1. The van der Waals surface area contributed by atoms with Gasteiger partial charge in [-0.3, -0.25) is 9.36 Å². The molecule has 0 aliphatic carbocycles. The minimum atomic E-state index is -0.903. The number of hydrogen-bond donors (Lipinski definition) is 1. The molecule has 0 aromatic carbocycles. The van der Waals surface area contributed by atoms with Gasteiger partial charge in [0.25, 0.3) is 0 Å². The number of aromatic nitrogens is 2. The number of nitrogens with zero attached hydrogens (tertiary/aromatic N) is 2. The topological polar surface area (TPSA) is 72.2 Å². The van der Waals surface area contributed by atoms with E-state index in [9.17, 15) is 14.7 Å². The standard InChI is InChI=1S/C14H22N2O3S/c1-8(6-7-20-5)16-11(4)12(9(2)13(17)18)10(3)15-14(16)19/h8-9H,6-7H2,1-5H3,(H,17,18). The third kappa shape index (κ3) is 3.42. The molecule has 0 saturated carbocycles. The Bertz CT molecular complexity index is 554. The Morgan fingerprint density at radius 3 is 2.50 bits per heavy atom. The molecule has 20 heavy (non-hydrogen) atoms. The summed E-state index contributed by atoms with van der Waals surface area (Å²) >= 11 is 1.72. The lowest BCUT2D eigenvalue weighted by molar-refractivity contribution is -0.138. The van der Waals surface area contributed by atoms with Gasteiger partial charge in [-0.05, 0) is 46.1 Å². The second-order valence-corrected chi connectivity index (χ2v) is 6.02. The first kappa shape index (κ1) is 16.8. The predicted molar refractivity (Wildman–Crippen MR) is 81.7 cm³/mol. The Balaban J connectivity index is 3.36. The molecule has 0 radical (unpaired) electrons. The third-order valence-electron chi connectivity index (χ3n) is 3.59. The number of carboxylic acid groups (broad SMARTS) is 1. The summed E-state index contributed by atoms with van der Waals surface area (Å²) in [5.74, 6) is -0.618.